The number of nitrogens with one attached hydrogen (secondary N) is 1. The minimum atomic E-state index is -4.99. The molecule has 0 radical (unpaired) electrons. The van der Waals surface area contributed by atoms with Crippen LogP contribution >= 0.6 is 46.6 Å². The number of hydrogen-bond donors (Lipinski definition) is 1. The van der Waals surface area contributed by atoms with Crippen LogP contribution in [0.15, 0.2) is 83.8 Å². The number of carbonyl (C=O) groups is 3. The van der Waals surface area contributed by atoms with Gasteiger partial charge in [0, 0.05) is 52.6 Å². The molecular formula is C35H24Cl3F6NO3S. The van der Waals surface area contributed by atoms with Crippen LogP contribution < -0.4 is 5.32 Å². The van der Waals surface area contributed by atoms with Crippen molar-refractivity contribution in [1.29, 1.82) is 0 Å². The van der Waals surface area contributed by atoms with Gasteiger partial charge in [0.1, 0.15) is 27.6 Å². The van der Waals surface area contributed by atoms with Crippen LogP contribution in [0.25, 0.3) is 0 Å². The summed E-state index contributed by atoms with van der Waals surface area (Å²) in [6, 6.07) is 17.5. The molecule has 0 unspecified atom stereocenters. The molecule has 49 heavy (non-hydrogen) atoms. The summed E-state index contributed by atoms with van der Waals surface area (Å²) in [5.74, 6) is -7.25. The Bertz CT molecular complexity index is 1920. The lowest BCUT2D eigenvalue weighted by Gasteiger charge is -2.12. The fourth-order valence-electron chi connectivity index (χ4n) is 5.36. The van der Waals surface area contributed by atoms with Gasteiger partial charge in [-0.25, -0.2) is 13.2 Å². The van der Waals surface area contributed by atoms with E-state index in [0.717, 1.165) is 23.1 Å². The van der Waals surface area contributed by atoms with E-state index >= 15 is 4.39 Å². The molecule has 4 aromatic carbocycles. The molecular weight excluding hydrogens is 735 g/mol. The lowest BCUT2D eigenvalue weighted by Crippen LogP contribution is -2.18. The maximum absolute atomic E-state index is 15.4. The first-order chi connectivity index (χ1) is 23.1. The lowest BCUT2D eigenvalue weighted by atomic mass is 9.97. The van der Waals surface area contributed by atoms with Gasteiger partial charge < -0.3 is 5.32 Å². The highest BCUT2D eigenvalue weighted by atomic mass is 35.5. The van der Waals surface area contributed by atoms with E-state index in [9.17, 15) is 36.3 Å². The van der Waals surface area contributed by atoms with E-state index in [2.05, 4.69) is 5.32 Å². The summed E-state index contributed by atoms with van der Waals surface area (Å²) in [7, 11) is 0. The molecule has 0 spiro atoms. The van der Waals surface area contributed by atoms with Crippen LogP contribution in [0.4, 0.5) is 32.0 Å². The SMILES string of the molecule is O=C(CCSc1ccccc1)Cc1c(F)ccc(CC(=O)c2cc(NC(=O)[C@H]3[C@H](c4ccc(F)c(C(F)(F)F)c4)C3(Cl)Cl)ccc2Cl)c1F. The van der Waals surface area contributed by atoms with Crippen LogP contribution in [-0.2, 0) is 28.6 Å². The molecule has 0 bridgehead atoms. The van der Waals surface area contributed by atoms with Crippen LogP contribution in [0.3, 0.4) is 0 Å². The average molecular weight is 759 g/mol. The number of anilines is 1. The number of thioether (sulfide) groups is 1. The molecule has 1 saturated carbocycles. The van der Waals surface area contributed by atoms with Crippen molar-refractivity contribution in [2.24, 2.45) is 5.92 Å². The first-order valence-electron chi connectivity index (χ1n) is 14.6. The Morgan fingerprint density at radius 2 is 1.55 bits per heavy atom. The van der Waals surface area contributed by atoms with Crippen LogP contribution in [0.2, 0.25) is 5.02 Å². The van der Waals surface area contributed by atoms with Gasteiger partial charge in [-0.2, -0.15) is 13.2 Å². The molecule has 0 aromatic heterocycles. The molecule has 4 aromatic rings. The van der Waals surface area contributed by atoms with Crippen molar-refractivity contribution in [1.82, 2.24) is 0 Å². The van der Waals surface area contributed by atoms with E-state index in [1.807, 2.05) is 30.3 Å². The number of benzene rings is 4. The molecule has 1 aliphatic rings. The monoisotopic (exact) mass is 757 g/mol. The molecule has 14 heteroatoms. The molecule has 1 aliphatic carbocycles. The normalized spacial score (nSPS) is 16.7. The van der Waals surface area contributed by atoms with Gasteiger partial charge >= 0.3 is 6.18 Å². The number of Topliss-reactive ketones (excluding diaryl/α,β-unsaturated/α-hetero) is 2. The predicted octanol–water partition coefficient (Wildman–Crippen LogP) is 10.0. The minimum absolute atomic E-state index is 0.0434. The first-order valence-corrected chi connectivity index (χ1v) is 16.7. The van der Waals surface area contributed by atoms with Gasteiger partial charge in [-0.1, -0.05) is 41.9 Å². The summed E-state index contributed by atoms with van der Waals surface area (Å²) in [6.45, 7) is 0. The van der Waals surface area contributed by atoms with Gasteiger partial charge in [-0.05, 0) is 59.7 Å². The van der Waals surface area contributed by atoms with Crippen molar-refractivity contribution in [3.63, 3.8) is 0 Å². The van der Waals surface area contributed by atoms with Crippen molar-refractivity contribution in [2.45, 2.75) is 40.6 Å². The quantitative estimate of drug-likeness (QED) is 0.0677. The number of halogens is 9. The zero-order chi connectivity index (χ0) is 35.7. The Morgan fingerprint density at radius 1 is 0.857 bits per heavy atom. The summed E-state index contributed by atoms with van der Waals surface area (Å²) < 4.78 is 81.7. The summed E-state index contributed by atoms with van der Waals surface area (Å²) in [5, 5.41) is 2.46. The van der Waals surface area contributed by atoms with Crippen LogP contribution in [0, 0.1) is 23.4 Å². The second-order valence-electron chi connectivity index (χ2n) is 11.3. The molecule has 5 rings (SSSR count). The number of alkyl halides is 5. The van der Waals surface area contributed by atoms with E-state index in [1.165, 1.54) is 30.0 Å². The topological polar surface area (TPSA) is 63.2 Å². The van der Waals surface area contributed by atoms with Crippen LogP contribution in [-0.4, -0.2) is 27.6 Å². The average Bonchev–Trinajstić information content (AvgIpc) is 3.63. The lowest BCUT2D eigenvalue weighted by molar-refractivity contribution is -0.140. The predicted molar refractivity (Wildman–Crippen MR) is 177 cm³/mol. The van der Waals surface area contributed by atoms with Gasteiger partial charge in [0.15, 0.2) is 5.78 Å². The second-order valence-corrected chi connectivity index (χ2v) is 14.3. The maximum Gasteiger partial charge on any atom is 0.419 e. The van der Waals surface area contributed by atoms with E-state index in [0.29, 0.717) is 17.9 Å². The van der Waals surface area contributed by atoms with Crippen molar-refractivity contribution in [3.05, 3.63) is 129 Å². The Balaban J connectivity index is 1.26. The number of carbonyl (C=O) groups excluding carboxylic acids is 3. The zero-order valence-corrected chi connectivity index (χ0v) is 28.1. The number of amides is 1. The summed E-state index contributed by atoms with van der Waals surface area (Å²) in [5.41, 5.74) is -2.34. The van der Waals surface area contributed by atoms with Gasteiger partial charge in [-0.15, -0.1) is 35.0 Å². The maximum atomic E-state index is 15.4. The van der Waals surface area contributed by atoms with Gasteiger partial charge in [0.25, 0.3) is 0 Å². The van der Waals surface area contributed by atoms with E-state index in [4.69, 9.17) is 34.8 Å². The van der Waals surface area contributed by atoms with Crippen molar-refractivity contribution in [3.8, 4) is 0 Å². The van der Waals surface area contributed by atoms with Crippen LogP contribution in [0.5, 0.6) is 0 Å². The number of rotatable bonds is 12. The molecule has 0 saturated heterocycles. The third kappa shape index (κ3) is 8.45. The molecule has 4 nitrogen and oxygen atoms in total. The van der Waals surface area contributed by atoms with Gasteiger partial charge in [0.05, 0.1) is 16.5 Å². The van der Waals surface area contributed by atoms with Crippen molar-refractivity contribution >= 4 is 69.7 Å². The molecule has 0 heterocycles. The van der Waals surface area contributed by atoms with E-state index < -0.39 is 75.5 Å². The fourth-order valence-corrected chi connectivity index (χ4v) is 7.32. The second kappa shape index (κ2) is 14.8. The van der Waals surface area contributed by atoms with Crippen LogP contribution in [0.1, 0.15) is 45.0 Å². The third-order valence-electron chi connectivity index (χ3n) is 7.91. The highest BCUT2D eigenvalue weighted by Gasteiger charge is 2.67. The first kappa shape index (κ1) is 36.8. The summed E-state index contributed by atoms with van der Waals surface area (Å²) in [4.78, 5) is 39.9. The van der Waals surface area contributed by atoms with Crippen molar-refractivity contribution < 1.29 is 40.7 Å². The highest BCUT2D eigenvalue weighted by molar-refractivity contribution is 7.99. The number of hydrogen-bond acceptors (Lipinski definition) is 4. The summed E-state index contributed by atoms with van der Waals surface area (Å²) >= 11 is 20.2. The molecule has 1 amide bonds. The molecule has 1 N–H and O–H groups in total. The number of ketones is 2. The Hall–Kier alpha value is -3.51. The fraction of sp³-hybridized carbons (Fsp3) is 0.229. The van der Waals surface area contributed by atoms with Crippen molar-refractivity contribution in [2.75, 3.05) is 11.1 Å². The third-order valence-corrected chi connectivity index (χ3v) is 10.2. The van der Waals surface area contributed by atoms with Gasteiger partial charge in [-0.3, -0.25) is 14.4 Å². The largest absolute Gasteiger partial charge is 0.419 e. The molecule has 256 valence electrons. The minimum Gasteiger partial charge on any atom is -0.326 e. The van der Waals surface area contributed by atoms with E-state index in [-0.39, 0.29) is 39.6 Å². The molecule has 1 fully saturated rings. The Labute approximate surface area is 296 Å². The van der Waals surface area contributed by atoms with Gasteiger partial charge in [0.2, 0.25) is 5.91 Å². The molecule has 2 atom stereocenters. The summed E-state index contributed by atoms with van der Waals surface area (Å²) in [6.07, 6.45) is -5.97. The Kier molecular flexibility index (Phi) is 11.1. The molecule has 0 aliphatic heterocycles. The Morgan fingerprint density at radius 3 is 2.24 bits per heavy atom. The smallest absolute Gasteiger partial charge is 0.326 e. The zero-order valence-electron chi connectivity index (χ0n) is 25.0. The highest BCUT2D eigenvalue weighted by Crippen LogP contribution is 2.65. The standard InChI is InChI=1S/C35H24Cl3F6NO3S/c36-26-9-8-20(45-33(48)31-30(34(31,37)38)18-6-11-28(40)25(14-18)35(42,43)44)16-23(26)29(47)15-19-7-10-27(39)24(32(19)41)17-21(46)12-13-49-22-4-2-1-3-5-22/h1-11,14,16,30-31H,12-13,15,17H2,(H,45,48)/t30-,31+/m0/s1. The van der Waals surface area contributed by atoms with E-state index in [1.54, 1.807) is 0 Å².